The average molecular weight is 382 g/mol. The zero-order chi connectivity index (χ0) is 16.7. The van der Waals surface area contributed by atoms with Gasteiger partial charge in [-0.25, -0.2) is 8.78 Å². The van der Waals surface area contributed by atoms with Crippen molar-refractivity contribution in [3.63, 3.8) is 0 Å². The van der Waals surface area contributed by atoms with Gasteiger partial charge in [0, 0.05) is 30.8 Å². The molecular weight excluding hydrogens is 368 g/mol. The Bertz CT molecular complexity index is 782. The van der Waals surface area contributed by atoms with E-state index in [2.05, 4.69) is 21.0 Å². The highest BCUT2D eigenvalue weighted by Crippen LogP contribution is 2.41. The summed E-state index contributed by atoms with van der Waals surface area (Å²) in [5.41, 5.74) is -0.120. The molecule has 0 aliphatic carbocycles. The number of aromatic nitrogens is 2. The zero-order valence-corrected chi connectivity index (χ0v) is 14.1. The van der Waals surface area contributed by atoms with Gasteiger partial charge in [0.2, 0.25) is 0 Å². The number of nitrogens with zero attached hydrogens (tertiary/aromatic N) is 3. The average Bonchev–Trinajstić information content (AvgIpc) is 2.92. The number of ketones is 1. The van der Waals surface area contributed by atoms with Crippen molar-refractivity contribution in [3.05, 3.63) is 58.3 Å². The summed E-state index contributed by atoms with van der Waals surface area (Å²) < 4.78 is 30.6. The standard InChI is InChI=1S/C16H14BrF2N3O/c1-9-15(14-11(18)4-3-5-12(14)19)22(8-10(17)16(9)23)13-6-7-20-21(13)2/h3-9,15H,1-2H3. The van der Waals surface area contributed by atoms with Crippen molar-refractivity contribution < 1.29 is 13.6 Å². The molecule has 0 fully saturated rings. The lowest BCUT2D eigenvalue weighted by molar-refractivity contribution is -0.119. The van der Waals surface area contributed by atoms with Gasteiger partial charge in [0.15, 0.2) is 5.78 Å². The molecule has 0 N–H and O–H groups in total. The van der Waals surface area contributed by atoms with Crippen LogP contribution in [0.15, 0.2) is 41.1 Å². The number of hydrogen-bond donors (Lipinski definition) is 0. The normalized spacial score (nSPS) is 21.5. The molecule has 0 spiro atoms. The number of rotatable bonds is 2. The minimum atomic E-state index is -0.791. The molecule has 1 aromatic carbocycles. The number of Topliss-reactive ketones (excluding diaryl/α,β-unsaturated/α-hetero) is 1. The molecular formula is C16H14BrF2N3O. The van der Waals surface area contributed by atoms with Gasteiger partial charge >= 0.3 is 0 Å². The summed E-state index contributed by atoms with van der Waals surface area (Å²) in [6.45, 7) is 1.66. The summed E-state index contributed by atoms with van der Waals surface area (Å²) in [5.74, 6) is -1.54. The Labute approximate surface area is 140 Å². The summed E-state index contributed by atoms with van der Waals surface area (Å²) >= 11 is 3.23. The van der Waals surface area contributed by atoms with E-state index in [4.69, 9.17) is 0 Å². The van der Waals surface area contributed by atoms with E-state index in [9.17, 15) is 13.6 Å². The Hall–Kier alpha value is -2.02. The SMILES string of the molecule is CC1C(=O)C(Br)=CN(c2ccnn2C)C1c1c(F)cccc1F. The Morgan fingerprint density at radius 2 is 1.87 bits per heavy atom. The molecule has 120 valence electrons. The van der Waals surface area contributed by atoms with Crippen molar-refractivity contribution in [2.24, 2.45) is 13.0 Å². The van der Waals surface area contributed by atoms with Gasteiger partial charge in [-0.2, -0.15) is 5.10 Å². The zero-order valence-electron chi connectivity index (χ0n) is 12.5. The summed E-state index contributed by atoms with van der Waals surface area (Å²) in [6, 6.07) is 4.64. The fourth-order valence-corrected chi connectivity index (χ4v) is 3.46. The molecule has 0 bridgehead atoms. The lowest BCUT2D eigenvalue weighted by Gasteiger charge is -2.38. The quantitative estimate of drug-likeness (QED) is 0.795. The first-order chi connectivity index (χ1) is 10.9. The van der Waals surface area contributed by atoms with Gasteiger partial charge in [0.1, 0.15) is 17.5 Å². The van der Waals surface area contributed by atoms with E-state index in [0.29, 0.717) is 10.3 Å². The van der Waals surface area contributed by atoms with E-state index < -0.39 is 23.6 Å². The van der Waals surface area contributed by atoms with Gasteiger partial charge in [-0.3, -0.25) is 9.48 Å². The van der Waals surface area contributed by atoms with Crippen LogP contribution in [0.5, 0.6) is 0 Å². The molecule has 1 aliphatic heterocycles. The van der Waals surface area contributed by atoms with E-state index in [1.165, 1.54) is 18.2 Å². The van der Waals surface area contributed by atoms with Crippen molar-refractivity contribution in [1.82, 2.24) is 9.78 Å². The molecule has 23 heavy (non-hydrogen) atoms. The third-order valence-electron chi connectivity index (χ3n) is 4.03. The Morgan fingerprint density at radius 3 is 2.43 bits per heavy atom. The van der Waals surface area contributed by atoms with Crippen molar-refractivity contribution in [1.29, 1.82) is 0 Å². The van der Waals surface area contributed by atoms with Gasteiger partial charge in [-0.1, -0.05) is 13.0 Å². The largest absolute Gasteiger partial charge is 0.324 e. The topological polar surface area (TPSA) is 38.1 Å². The van der Waals surface area contributed by atoms with Crippen LogP contribution in [0.3, 0.4) is 0 Å². The highest BCUT2D eigenvalue weighted by atomic mass is 79.9. The summed E-state index contributed by atoms with van der Waals surface area (Å²) in [4.78, 5) is 14.0. The molecule has 4 nitrogen and oxygen atoms in total. The number of benzene rings is 1. The van der Waals surface area contributed by atoms with Crippen molar-refractivity contribution >= 4 is 27.5 Å². The lowest BCUT2D eigenvalue weighted by atomic mass is 9.87. The second kappa shape index (κ2) is 5.88. The highest BCUT2D eigenvalue weighted by molar-refractivity contribution is 9.12. The molecule has 1 aromatic heterocycles. The van der Waals surface area contributed by atoms with Gasteiger partial charge in [-0.15, -0.1) is 0 Å². The monoisotopic (exact) mass is 381 g/mol. The van der Waals surface area contributed by atoms with Crippen LogP contribution in [-0.4, -0.2) is 15.6 Å². The van der Waals surface area contributed by atoms with E-state index in [1.807, 2.05) is 0 Å². The second-order valence-corrected chi connectivity index (χ2v) is 6.28. The molecule has 2 atom stereocenters. The summed E-state index contributed by atoms with van der Waals surface area (Å²) in [5, 5.41) is 4.09. The molecule has 0 radical (unpaired) electrons. The van der Waals surface area contributed by atoms with Crippen LogP contribution in [0.4, 0.5) is 14.6 Å². The van der Waals surface area contributed by atoms with Gasteiger partial charge in [0.25, 0.3) is 0 Å². The smallest absolute Gasteiger partial charge is 0.176 e. The molecule has 3 rings (SSSR count). The first kappa shape index (κ1) is 15.9. The number of allylic oxidation sites excluding steroid dienone is 1. The molecule has 0 amide bonds. The third kappa shape index (κ3) is 2.59. The lowest BCUT2D eigenvalue weighted by Crippen LogP contribution is -2.39. The van der Waals surface area contributed by atoms with Crippen LogP contribution in [0.1, 0.15) is 18.5 Å². The predicted molar refractivity (Wildman–Crippen MR) is 86.0 cm³/mol. The van der Waals surface area contributed by atoms with Gasteiger partial charge in [-0.05, 0) is 28.1 Å². The summed E-state index contributed by atoms with van der Waals surface area (Å²) in [7, 11) is 1.73. The fourth-order valence-electron chi connectivity index (χ4n) is 2.88. The number of anilines is 1. The number of carbonyl (C=O) groups excluding carboxylic acids is 1. The second-order valence-electron chi connectivity index (χ2n) is 5.43. The van der Waals surface area contributed by atoms with Crippen LogP contribution >= 0.6 is 15.9 Å². The molecule has 2 unspecified atom stereocenters. The fraction of sp³-hybridized carbons (Fsp3) is 0.250. The van der Waals surface area contributed by atoms with Crippen molar-refractivity contribution in [3.8, 4) is 0 Å². The molecule has 0 saturated heterocycles. The van der Waals surface area contributed by atoms with Gasteiger partial charge in [0.05, 0.1) is 16.7 Å². The maximum atomic E-state index is 14.3. The van der Waals surface area contributed by atoms with Crippen LogP contribution in [0, 0.1) is 17.6 Å². The number of halogens is 3. The molecule has 1 aliphatic rings. The molecule has 2 heterocycles. The first-order valence-corrected chi connectivity index (χ1v) is 7.83. The number of carbonyl (C=O) groups is 1. The Balaban J connectivity index is 2.22. The minimum Gasteiger partial charge on any atom is -0.324 e. The molecule has 7 heteroatoms. The van der Waals surface area contributed by atoms with E-state index in [-0.39, 0.29) is 11.3 Å². The van der Waals surface area contributed by atoms with E-state index in [0.717, 1.165) is 0 Å². The van der Waals surface area contributed by atoms with E-state index in [1.54, 1.807) is 42.0 Å². The molecule has 2 aromatic rings. The highest BCUT2D eigenvalue weighted by Gasteiger charge is 2.39. The minimum absolute atomic E-state index is 0.120. The number of aryl methyl sites for hydroxylation is 1. The Morgan fingerprint density at radius 1 is 1.22 bits per heavy atom. The predicted octanol–water partition coefficient (Wildman–Crippen LogP) is 3.70. The van der Waals surface area contributed by atoms with Gasteiger partial charge < -0.3 is 4.90 Å². The van der Waals surface area contributed by atoms with E-state index >= 15 is 0 Å². The van der Waals surface area contributed by atoms with Crippen LogP contribution in [0.2, 0.25) is 0 Å². The van der Waals surface area contributed by atoms with Crippen molar-refractivity contribution in [2.75, 3.05) is 4.90 Å². The first-order valence-electron chi connectivity index (χ1n) is 7.03. The van der Waals surface area contributed by atoms with Crippen molar-refractivity contribution in [2.45, 2.75) is 13.0 Å². The maximum Gasteiger partial charge on any atom is 0.176 e. The summed E-state index contributed by atoms with van der Waals surface area (Å²) in [6.07, 6.45) is 3.14. The molecule has 0 saturated carbocycles. The van der Waals surface area contributed by atoms with Crippen LogP contribution < -0.4 is 4.90 Å². The van der Waals surface area contributed by atoms with Crippen LogP contribution in [-0.2, 0) is 11.8 Å². The van der Waals surface area contributed by atoms with Crippen LogP contribution in [0.25, 0.3) is 0 Å². The Kier molecular flexibility index (Phi) is 4.06. The number of hydrogen-bond acceptors (Lipinski definition) is 3. The maximum absolute atomic E-state index is 14.3. The third-order valence-corrected chi connectivity index (χ3v) is 4.63.